The fraction of sp³-hybridized carbons (Fsp3) is 0.643. The number of rotatable bonds is 2. The second-order valence-electron chi connectivity index (χ2n) is 6.30. The van der Waals surface area contributed by atoms with Crippen LogP contribution in [0.3, 0.4) is 0 Å². The molecule has 120 valence electrons. The molecule has 1 amide bonds. The predicted octanol–water partition coefficient (Wildman–Crippen LogP) is 0.463. The number of hydrogen-bond acceptors (Lipinski definition) is 6. The Balaban J connectivity index is 2.11. The molecule has 1 aromatic rings. The van der Waals surface area contributed by atoms with Crippen LogP contribution in [0.2, 0.25) is 0 Å². The molecule has 0 saturated heterocycles. The monoisotopic (exact) mass is 325 g/mol. The highest BCUT2D eigenvalue weighted by Gasteiger charge is 2.45. The van der Waals surface area contributed by atoms with E-state index in [1.165, 1.54) is 11.1 Å². The summed E-state index contributed by atoms with van der Waals surface area (Å²) in [6.45, 7) is 1.71. The fourth-order valence-corrected chi connectivity index (χ4v) is 3.78. The van der Waals surface area contributed by atoms with Crippen molar-refractivity contribution in [3.05, 3.63) is 11.8 Å². The molecular weight excluding hydrogens is 306 g/mol. The van der Waals surface area contributed by atoms with Crippen LogP contribution in [0.4, 0.5) is 5.82 Å². The van der Waals surface area contributed by atoms with Gasteiger partial charge in [-0.1, -0.05) is 0 Å². The van der Waals surface area contributed by atoms with E-state index in [2.05, 4.69) is 9.97 Å². The van der Waals surface area contributed by atoms with Gasteiger partial charge < -0.3 is 5.11 Å². The lowest BCUT2D eigenvalue weighted by Crippen LogP contribution is -2.52. The van der Waals surface area contributed by atoms with Crippen LogP contribution in [0.15, 0.2) is 11.4 Å². The maximum Gasteiger partial charge on any atom is 0.248 e. The van der Waals surface area contributed by atoms with Crippen molar-refractivity contribution in [2.24, 2.45) is 0 Å². The highest BCUT2D eigenvalue weighted by Crippen LogP contribution is 2.38. The second-order valence-corrected chi connectivity index (χ2v) is 8.21. The van der Waals surface area contributed by atoms with Gasteiger partial charge in [0.05, 0.1) is 11.6 Å². The van der Waals surface area contributed by atoms with E-state index in [0.29, 0.717) is 31.5 Å². The molecule has 2 atom stereocenters. The first-order valence-corrected chi connectivity index (χ1v) is 9.20. The topological polar surface area (TPSA) is 100 Å². The zero-order valence-corrected chi connectivity index (χ0v) is 13.4. The van der Waals surface area contributed by atoms with E-state index in [1.807, 2.05) is 0 Å². The first-order chi connectivity index (χ1) is 10.2. The van der Waals surface area contributed by atoms with Crippen LogP contribution < -0.4 is 4.90 Å². The summed E-state index contributed by atoms with van der Waals surface area (Å²) in [5.41, 5.74) is -0.241. The van der Waals surface area contributed by atoms with Crippen LogP contribution in [0.1, 0.15) is 38.2 Å². The SMILES string of the molecule is CC1(O)CCCC1N1C(=O)CCc2cnc(S(C)(=O)=O)nc21. The van der Waals surface area contributed by atoms with E-state index in [9.17, 15) is 18.3 Å². The van der Waals surface area contributed by atoms with Gasteiger partial charge in [-0.15, -0.1) is 0 Å². The summed E-state index contributed by atoms with van der Waals surface area (Å²) in [7, 11) is -3.55. The molecule has 22 heavy (non-hydrogen) atoms. The lowest BCUT2D eigenvalue weighted by molar-refractivity contribution is -0.120. The van der Waals surface area contributed by atoms with Gasteiger partial charge in [-0.3, -0.25) is 9.69 Å². The van der Waals surface area contributed by atoms with Crippen LogP contribution in [-0.2, 0) is 21.1 Å². The standard InChI is InChI=1S/C14H19N3O4S/c1-14(19)7-3-4-10(14)17-11(18)6-5-9-8-15-13(16-12(9)17)22(2,20)21/h8,10,19H,3-7H2,1-2H3. The first kappa shape index (κ1) is 15.4. The number of fused-ring (bicyclic) bond motifs is 1. The van der Waals surface area contributed by atoms with Gasteiger partial charge in [0.25, 0.3) is 0 Å². The lowest BCUT2D eigenvalue weighted by Gasteiger charge is -2.38. The Morgan fingerprint density at radius 3 is 2.73 bits per heavy atom. The molecule has 0 radical (unpaired) electrons. The Kier molecular flexibility index (Phi) is 3.48. The van der Waals surface area contributed by atoms with E-state index < -0.39 is 15.4 Å². The molecule has 2 heterocycles. The Morgan fingerprint density at radius 1 is 1.41 bits per heavy atom. The molecule has 8 heteroatoms. The summed E-state index contributed by atoms with van der Waals surface area (Å²) in [4.78, 5) is 21.9. The molecule has 7 nitrogen and oxygen atoms in total. The van der Waals surface area contributed by atoms with E-state index in [4.69, 9.17) is 0 Å². The van der Waals surface area contributed by atoms with E-state index >= 15 is 0 Å². The van der Waals surface area contributed by atoms with Crippen molar-refractivity contribution in [1.82, 2.24) is 9.97 Å². The number of carbonyl (C=O) groups excluding carboxylic acids is 1. The lowest BCUT2D eigenvalue weighted by atomic mass is 9.95. The molecule has 1 fully saturated rings. The van der Waals surface area contributed by atoms with Crippen LogP contribution in [0, 0.1) is 0 Å². The van der Waals surface area contributed by atoms with Gasteiger partial charge in [-0.25, -0.2) is 18.4 Å². The molecular formula is C14H19N3O4S. The zero-order valence-electron chi connectivity index (χ0n) is 12.6. The predicted molar refractivity (Wildman–Crippen MR) is 79.2 cm³/mol. The maximum atomic E-state index is 12.4. The molecule has 1 aromatic heterocycles. The van der Waals surface area contributed by atoms with E-state index in [1.54, 1.807) is 6.92 Å². The first-order valence-electron chi connectivity index (χ1n) is 7.30. The molecule has 2 aliphatic rings. The quantitative estimate of drug-likeness (QED) is 0.793. The Bertz CT molecular complexity index is 730. The molecule has 1 aliphatic carbocycles. The van der Waals surface area contributed by atoms with Gasteiger partial charge in [0.1, 0.15) is 5.82 Å². The number of aromatic nitrogens is 2. The average molecular weight is 325 g/mol. The van der Waals surface area contributed by atoms with Gasteiger partial charge >= 0.3 is 0 Å². The summed E-state index contributed by atoms with van der Waals surface area (Å²) in [6, 6.07) is -0.374. The Hall–Kier alpha value is -1.54. The number of amides is 1. The summed E-state index contributed by atoms with van der Waals surface area (Å²) < 4.78 is 23.4. The van der Waals surface area contributed by atoms with Crippen LogP contribution in [0.25, 0.3) is 0 Å². The van der Waals surface area contributed by atoms with Crippen molar-refractivity contribution in [1.29, 1.82) is 0 Å². The number of hydrogen-bond donors (Lipinski definition) is 1. The van der Waals surface area contributed by atoms with Crippen molar-refractivity contribution >= 4 is 21.6 Å². The van der Waals surface area contributed by atoms with Crippen molar-refractivity contribution in [2.75, 3.05) is 11.2 Å². The largest absolute Gasteiger partial charge is 0.388 e. The number of nitrogens with zero attached hydrogens (tertiary/aromatic N) is 3. The van der Waals surface area contributed by atoms with Gasteiger partial charge in [0.2, 0.25) is 20.9 Å². The molecule has 0 spiro atoms. The molecule has 3 rings (SSSR count). The third-order valence-corrected chi connectivity index (χ3v) is 5.31. The number of aliphatic hydroxyl groups is 1. The normalized spacial score (nSPS) is 28.8. The molecule has 0 bridgehead atoms. The summed E-state index contributed by atoms with van der Waals surface area (Å²) >= 11 is 0. The van der Waals surface area contributed by atoms with Crippen molar-refractivity contribution < 1.29 is 18.3 Å². The third kappa shape index (κ3) is 2.50. The maximum absolute atomic E-state index is 12.4. The highest BCUT2D eigenvalue weighted by molar-refractivity contribution is 7.90. The molecule has 2 unspecified atom stereocenters. The molecule has 1 N–H and O–H groups in total. The van der Waals surface area contributed by atoms with E-state index in [0.717, 1.165) is 18.2 Å². The minimum atomic E-state index is -3.55. The fourth-order valence-electron chi connectivity index (χ4n) is 3.29. The smallest absolute Gasteiger partial charge is 0.248 e. The summed E-state index contributed by atoms with van der Waals surface area (Å²) in [6.07, 6.45) is 5.43. The number of sulfone groups is 1. The average Bonchev–Trinajstić information content (AvgIpc) is 2.76. The van der Waals surface area contributed by atoms with Crippen molar-refractivity contribution in [3.63, 3.8) is 0 Å². The summed E-state index contributed by atoms with van der Waals surface area (Å²) in [5, 5.41) is 10.2. The van der Waals surface area contributed by atoms with Crippen molar-refractivity contribution in [2.45, 2.75) is 55.8 Å². The van der Waals surface area contributed by atoms with Gasteiger partial charge in [-0.05, 0) is 32.6 Å². The van der Waals surface area contributed by atoms with Crippen LogP contribution in [-0.4, -0.2) is 47.3 Å². The van der Waals surface area contributed by atoms with Crippen molar-refractivity contribution in [3.8, 4) is 0 Å². The van der Waals surface area contributed by atoms with Gasteiger partial charge in [-0.2, -0.15) is 0 Å². The second kappa shape index (κ2) is 4.99. The van der Waals surface area contributed by atoms with Gasteiger partial charge in [0.15, 0.2) is 0 Å². The Labute approximate surface area is 129 Å². The highest BCUT2D eigenvalue weighted by atomic mass is 32.2. The zero-order chi connectivity index (χ0) is 16.1. The van der Waals surface area contributed by atoms with Crippen LogP contribution >= 0.6 is 0 Å². The minimum absolute atomic E-state index is 0.127. The number of anilines is 1. The van der Waals surface area contributed by atoms with Crippen LogP contribution in [0.5, 0.6) is 0 Å². The number of aryl methyl sites for hydroxylation is 1. The third-order valence-electron chi connectivity index (χ3n) is 4.45. The van der Waals surface area contributed by atoms with E-state index in [-0.39, 0.29) is 17.1 Å². The molecule has 0 aromatic carbocycles. The molecule has 1 aliphatic heterocycles. The van der Waals surface area contributed by atoms with Gasteiger partial charge in [0, 0.05) is 24.4 Å². The Morgan fingerprint density at radius 2 is 2.14 bits per heavy atom. The number of carbonyl (C=O) groups is 1. The molecule has 1 saturated carbocycles. The summed E-state index contributed by atoms with van der Waals surface area (Å²) in [5.74, 6) is 0.205. The minimum Gasteiger partial charge on any atom is -0.388 e.